The van der Waals surface area contributed by atoms with E-state index in [1.807, 2.05) is 24.3 Å². The van der Waals surface area contributed by atoms with Crippen LogP contribution in [-0.2, 0) is 0 Å². The van der Waals surface area contributed by atoms with E-state index in [1.165, 1.54) is 13.1 Å². The quantitative estimate of drug-likeness (QED) is 0.594. The van der Waals surface area contributed by atoms with E-state index in [4.69, 9.17) is 4.74 Å². The maximum Gasteiger partial charge on any atom is 0.257 e. The molecule has 6 heteroatoms. The lowest BCUT2D eigenvalue weighted by Gasteiger charge is -2.09. The van der Waals surface area contributed by atoms with Crippen molar-refractivity contribution in [2.45, 2.75) is 6.92 Å². The topological polar surface area (TPSA) is 68.3 Å². The van der Waals surface area contributed by atoms with Crippen molar-refractivity contribution in [1.82, 2.24) is 4.98 Å². The Bertz CT molecular complexity index is 955. The van der Waals surface area contributed by atoms with Crippen LogP contribution in [0.2, 0.25) is 0 Å². The molecule has 0 fully saturated rings. The number of halogens is 1. The molecular weight excluding hydrogens is 396 g/mol. The number of ketones is 1. The summed E-state index contributed by atoms with van der Waals surface area (Å²) in [6.45, 7) is 1.46. The number of benzene rings is 2. The van der Waals surface area contributed by atoms with Crippen LogP contribution in [0.4, 0.5) is 5.69 Å². The summed E-state index contributed by atoms with van der Waals surface area (Å²) in [6, 6.07) is 17.5. The number of carbonyl (C=O) groups excluding carboxylic acids is 2. The fourth-order valence-electron chi connectivity index (χ4n) is 2.32. The smallest absolute Gasteiger partial charge is 0.257 e. The van der Waals surface area contributed by atoms with Gasteiger partial charge in [-0.15, -0.1) is 0 Å². The minimum absolute atomic E-state index is 0.114. The monoisotopic (exact) mass is 410 g/mol. The van der Waals surface area contributed by atoms with E-state index in [9.17, 15) is 9.59 Å². The second kappa shape index (κ2) is 7.93. The molecule has 2 aromatic carbocycles. The van der Waals surface area contributed by atoms with E-state index in [1.54, 1.807) is 36.4 Å². The summed E-state index contributed by atoms with van der Waals surface area (Å²) < 4.78 is 6.54. The van der Waals surface area contributed by atoms with Gasteiger partial charge in [-0.05, 0) is 43.3 Å². The molecule has 3 aromatic rings. The Labute approximate surface area is 159 Å². The molecule has 1 amide bonds. The second-order valence-electron chi connectivity index (χ2n) is 5.50. The van der Waals surface area contributed by atoms with Crippen molar-refractivity contribution in [3.8, 4) is 11.6 Å². The van der Waals surface area contributed by atoms with Gasteiger partial charge in [-0.2, -0.15) is 0 Å². The van der Waals surface area contributed by atoms with E-state index in [0.29, 0.717) is 28.4 Å². The first-order chi connectivity index (χ1) is 12.5. The van der Waals surface area contributed by atoms with Crippen LogP contribution >= 0.6 is 15.9 Å². The number of nitrogens with one attached hydrogen (secondary N) is 1. The summed E-state index contributed by atoms with van der Waals surface area (Å²) in [7, 11) is 0. The van der Waals surface area contributed by atoms with Crippen molar-refractivity contribution in [2.24, 2.45) is 0 Å². The molecule has 0 spiro atoms. The molecule has 3 rings (SSSR count). The molecule has 26 heavy (non-hydrogen) atoms. The van der Waals surface area contributed by atoms with Gasteiger partial charge in [0.15, 0.2) is 5.78 Å². The zero-order chi connectivity index (χ0) is 18.5. The molecule has 1 heterocycles. The van der Waals surface area contributed by atoms with E-state index < -0.39 is 0 Å². The standard InChI is InChI=1S/C20H15BrN2O3/c1-13(24)17-7-2-3-8-18(17)23-20(25)14-9-10-19(22-12-14)26-16-6-4-5-15(21)11-16/h2-12H,1H3,(H,23,25). The summed E-state index contributed by atoms with van der Waals surface area (Å²) in [6.07, 6.45) is 1.43. The molecule has 1 N–H and O–H groups in total. The third kappa shape index (κ3) is 4.34. The highest BCUT2D eigenvalue weighted by Gasteiger charge is 2.12. The van der Waals surface area contributed by atoms with Gasteiger partial charge in [0.05, 0.1) is 11.3 Å². The first-order valence-electron chi connectivity index (χ1n) is 7.84. The van der Waals surface area contributed by atoms with Gasteiger partial charge in [0.1, 0.15) is 5.75 Å². The second-order valence-corrected chi connectivity index (χ2v) is 6.42. The summed E-state index contributed by atoms with van der Waals surface area (Å²) in [4.78, 5) is 28.2. The average molecular weight is 411 g/mol. The Balaban J connectivity index is 1.72. The summed E-state index contributed by atoms with van der Waals surface area (Å²) in [5.41, 5.74) is 1.30. The molecule has 5 nitrogen and oxygen atoms in total. The van der Waals surface area contributed by atoms with Gasteiger partial charge in [0.25, 0.3) is 5.91 Å². The van der Waals surface area contributed by atoms with Gasteiger partial charge < -0.3 is 10.1 Å². The van der Waals surface area contributed by atoms with Crippen LogP contribution in [0, 0.1) is 0 Å². The van der Waals surface area contributed by atoms with Crippen LogP contribution in [0.15, 0.2) is 71.3 Å². The molecule has 0 bridgehead atoms. The number of amides is 1. The number of Topliss-reactive ketones (excluding diaryl/α,β-unsaturated/α-hetero) is 1. The van der Waals surface area contributed by atoms with Crippen molar-refractivity contribution < 1.29 is 14.3 Å². The van der Waals surface area contributed by atoms with Gasteiger partial charge in [0, 0.05) is 22.3 Å². The highest BCUT2D eigenvalue weighted by molar-refractivity contribution is 9.10. The summed E-state index contributed by atoms with van der Waals surface area (Å²) >= 11 is 3.38. The zero-order valence-electron chi connectivity index (χ0n) is 13.9. The molecule has 130 valence electrons. The fraction of sp³-hybridized carbons (Fsp3) is 0.0500. The van der Waals surface area contributed by atoms with Crippen molar-refractivity contribution in [3.05, 3.63) is 82.5 Å². The van der Waals surface area contributed by atoms with Crippen LogP contribution in [-0.4, -0.2) is 16.7 Å². The van der Waals surface area contributed by atoms with Gasteiger partial charge in [0.2, 0.25) is 5.88 Å². The lowest BCUT2D eigenvalue weighted by molar-refractivity contribution is 0.101. The third-order valence-corrected chi connectivity index (χ3v) is 4.06. The maximum absolute atomic E-state index is 12.4. The SMILES string of the molecule is CC(=O)c1ccccc1NC(=O)c1ccc(Oc2cccc(Br)c2)nc1. The van der Waals surface area contributed by atoms with Gasteiger partial charge >= 0.3 is 0 Å². The lowest BCUT2D eigenvalue weighted by Crippen LogP contribution is -2.14. The molecular formula is C20H15BrN2O3. The fourth-order valence-corrected chi connectivity index (χ4v) is 2.70. The highest BCUT2D eigenvalue weighted by atomic mass is 79.9. The number of aromatic nitrogens is 1. The van der Waals surface area contributed by atoms with Crippen LogP contribution in [0.5, 0.6) is 11.6 Å². The number of nitrogens with zero attached hydrogens (tertiary/aromatic N) is 1. The number of carbonyl (C=O) groups is 2. The minimum Gasteiger partial charge on any atom is -0.439 e. The normalized spacial score (nSPS) is 10.2. The first-order valence-corrected chi connectivity index (χ1v) is 8.63. The minimum atomic E-state index is -0.347. The van der Waals surface area contributed by atoms with Crippen molar-refractivity contribution in [2.75, 3.05) is 5.32 Å². The van der Waals surface area contributed by atoms with Crippen molar-refractivity contribution in [3.63, 3.8) is 0 Å². The van der Waals surface area contributed by atoms with Gasteiger partial charge in [-0.3, -0.25) is 9.59 Å². The summed E-state index contributed by atoms with van der Waals surface area (Å²) in [5, 5.41) is 2.74. The van der Waals surface area contributed by atoms with Crippen molar-refractivity contribution in [1.29, 1.82) is 0 Å². The van der Waals surface area contributed by atoms with E-state index in [0.717, 1.165) is 4.47 Å². The third-order valence-electron chi connectivity index (χ3n) is 3.57. The lowest BCUT2D eigenvalue weighted by atomic mass is 10.1. The Kier molecular flexibility index (Phi) is 5.43. The van der Waals surface area contributed by atoms with Crippen LogP contribution < -0.4 is 10.1 Å². The maximum atomic E-state index is 12.4. The van der Waals surface area contributed by atoms with Crippen molar-refractivity contribution >= 4 is 33.3 Å². The largest absolute Gasteiger partial charge is 0.439 e. The highest BCUT2D eigenvalue weighted by Crippen LogP contribution is 2.23. The number of pyridine rings is 1. The predicted octanol–water partition coefficient (Wildman–Crippen LogP) is 5.09. The number of ether oxygens (including phenoxy) is 1. The van der Waals surface area contributed by atoms with Crippen LogP contribution in [0.25, 0.3) is 0 Å². The van der Waals surface area contributed by atoms with E-state index in [-0.39, 0.29) is 11.7 Å². The van der Waals surface area contributed by atoms with E-state index >= 15 is 0 Å². The van der Waals surface area contributed by atoms with Gasteiger partial charge in [-0.1, -0.05) is 34.1 Å². The zero-order valence-corrected chi connectivity index (χ0v) is 15.5. The number of hydrogen-bond donors (Lipinski definition) is 1. The van der Waals surface area contributed by atoms with Crippen LogP contribution in [0.1, 0.15) is 27.6 Å². The Morgan fingerprint density at radius 2 is 1.85 bits per heavy atom. The number of rotatable bonds is 5. The molecule has 0 aliphatic heterocycles. The Morgan fingerprint density at radius 1 is 1.04 bits per heavy atom. The molecule has 0 aliphatic carbocycles. The number of para-hydroxylation sites is 1. The number of hydrogen-bond acceptors (Lipinski definition) is 4. The molecule has 1 aromatic heterocycles. The molecule has 0 atom stereocenters. The molecule has 0 saturated carbocycles. The molecule has 0 radical (unpaired) electrons. The molecule has 0 saturated heterocycles. The molecule has 0 unspecified atom stereocenters. The number of anilines is 1. The van der Waals surface area contributed by atoms with Gasteiger partial charge in [-0.25, -0.2) is 4.98 Å². The first kappa shape index (κ1) is 17.8. The van der Waals surface area contributed by atoms with Crippen LogP contribution in [0.3, 0.4) is 0 Å². The molecule has 0 aliphatic rings. The van der Waals surface area contributed by atoms with E-state index in [2.05, 4.69) is 26.2 Å². The Hall–Kier alpha value is -2.99. The predicted molar refractivity (Wildman–Crippen MR) is 103 cm³/mol. The average Bonchev–Trinajstić information content (AvgIpc) is 2.62. The Morgan fingerprint density at radius 3 is 2.54 bits per heavy atom. The summed E-state index contributed by atoms with van der Waals surface area (Å²) in [5.74, 6) is 0.556.